The number of hydrogen-bond donors (Lipinski definition) is 3. The number of nitrogens with zero attached hydrogens (tertiary/aromatic N) is 2. The molecule has 0 aromatic carbocycles. The van der Waals surface area contributed by atoms with Crippen LogP contribution in [0.15, 0.2) is 28.7 Å². The number of thiophene rings is 1. The van der Waals surface area contributed by atoms with Crippen LogP contribution < -0.4 is 15.4 Å². The molecule has 0 unspecified atom stereocenters. The van der Waals surface area contributed by atoms with Crippen molar-refractivity contribution in [3.8, 4) is 0 Å². The van der Waals surface area contributed by atoms with E-state index in [0.717, 1.165) is 28.3 Å². The zero-order valence-corrected chi connectivity index (χ0v) is 15.7. The summed E-state index contributed by atoms with van der Waals surface area (Å²) in [6, 6.07) is 3.27. The predicted octanol–water partition coefficient (Wildman–Crippen LogP) is 0.00910. The van der Waals surface area contributed by atoms with Crippen LogP contribution >= 0.6 is 11.3 Å². The van der Waals surface area contributed by atoms with Crippen LogP contribution in [0, 0.1) is 5.92 Å². The molecular weight excluding hydrogens is 362 g/mol. The van der Waals surface area contributed by atoms with Crippen molar-refractivity contribution < 1.29 is 13.2 Å². The van der Waals surface area contributed by atoms with Crippen LogP contribution in [0.3, 0.4) is 0 Å². The lowest BCUT2D eigenvalue weighted by Crippen LogP contribution is -2.33. The lowest BCUT2D eigenvalue weighted by atomic mass is 9.90. The molecule has 1 aliphatic rings. The van der Waals surface area contributed by atoms with Gasteiger partial charge in [-0.25, -0.2) is 13.1 Å². The fraction of sp³-hybridized carbons (Fsp3) is 0.467. The second kappa shape index (κ2) is 7.24. The van der Waals surface area contributed by atoms with E-state index >= 15 is 0 Å². The van der Waals surface area contributed by atoms with Gasteiger partial charge in [-0.15, -0.1) is 11.3 Å². The number of amides is 1. The Labute approximate surface area is 150 Å². The van der Waals surface area contributed by atoms with Crippen molar-refractivity contribution in [2.45, 2.75) is 16.7 Å². The van der Waals surface area contributed by atoms with Gasteiger partial charge >= 0.3 is 0 Å². The van der Waals surface area contributed by atoms with E-state index in [0.29, 0.717) is 13.1 Å². The number of aromatic nitrogens is 2. The first-order valence-electron chi connectivity index (χ1n) is 7.90. The molecule has 3 N–H and O–H groups in total. The summed E-state index contributed by atoms with van der Waals surface area (Å²) in [6.07, 6.45) is 3.73. The van der Waals surface area contributed by atoms with Crippen molar-refractivity contribution in [1.82, 2.24) is 25.1 Å². The first-order chi connectivity index (χ1) is 11.9. The highest BCUT2D eigenvalue weighted by Crippen LogP contribution is 2.28. The topological polar surface area (TPSA) is 105 Å². The van der Waals surface area contributed by atoms with Crippen molar-refractivity contribution >= 4 is 27.3 Å². The van der Waals surface area contributed by atoms with Gasteiger partial charge in [0.25, 0.3) is 0 Å². The summed E-state index contributed by atoms with van der Waals surface area (Å²) in [6.45, 7) is 1.68. The molecule has 2 aromatic rings. The highest BCUT2D eigenvalue weighted by atomic mass is 32.2. The van der Waals surface area contributed by atoms with E-state index < -0.39 is 10.0 Å². The van der Waals surface area contributed by atoms with Crippen LogP contribution in [-0.2, 0) is 28.4 Å². The van der Waals surface area contributed by atoms with Gasteiger partial charge in [-0.05, 0) is 24.7 Å². The lowest BCUT2D eigenvalue weighted by molar-refractivity contribution is -0.125. The standard InChI is InChI=1S/C15H21N5O3S2/c1-16-25(22,23)14-4-3-11(24-14)6-18-15(21)13-8-17-7-12(13)10-5-19-20(2)9-10/h3-5,9,12-13,16-17H,6-8H2,1-2H3,(H,18,21)/t12-,13+/m1/s1. The summed E-state index contributed by atoms with van der Waals surface area (Å²) >= 11 is 1.16. The van der Waals surface area contributed by atoms with E-state index in [4.69, 9.17) is 0 Å². The van der Waals surface area contributed by atoms with E-state index in [1.165, 1.54) is 7.05 Å². The number of rotatable bonds is 6. The Kier molecular flexibility index (Phi) is 5.23. The Balaban J connectivity index is 1.62. The van der Waals surface area contributed by atoms with Gasteiger partial charge < -0.3 is 10.6 Å². The summed E-state index contributed by atoms with van der Waals surface area (Å²) in [5.74, 6) is -0.104. The minimum atomic E-state index is -3.44. The molecule has 8 nitrogen and oxygen atoms in total. The Bertz CT molecular complexity index is 858. The van der Waals surface area contributed by atoms with E-state index in [9.17, 15) is 13.2 Å². The number of aryl methyl sites for hydroxylation is 1. The summed E-state index contributed by atoms with van der Waals surface area (Å²) in [4.78, 5) is 13.4. The van der Waals surface area contributed by atoms with Crippen LogP contribution in [0.2, 0.25) is 0 Å². The van der Waals surface area contributed by atoms with Gasteiger partial charge in [-0.3, -0.25) is 9.48 Å². The smallest absolute Gasteiger partial charge is 0.249 e. The van der Waals surface area contributed by atoms with Gasteiger partial charge in [0.1, 0.15) is 4.21 Å². The molecule has 0 radical (unpaired) electrons. The van der Waals surface area contributed by atoms with Crippen LogP contribution in [0.1, 0.15) is 16.4 Å². The van der Waals surface area contributed by atoms with Crippen LogP contribution in [0.25, 0.3) is 0 Å². The maximum absolute atomic E-state index is 12.6. The summed E-state index contributed by atoms with van der Waals surface area (Å²) < 4.78 is 27.8. The highest BCUT2D eigenvalue weighted by molar-refractivity contribution is 7.91. The third kappa shape index (κ3) is 3.92. The van der Waals surface area contributed by atoms with Crippen LogP contribution in [0.4, 0.5) is 0 Å². The molecule has 25 heavy (non-hydrogen) atoms. The average Bonchev–Trinajstić information content (AvgIpc) is 3.32. The molecule has 3 heterocycles. The van der Waals surface area contributed by atoms with Crippen LogP contribution in [0.5, 0.6) is 0 Å². The molecule has 0 spiro atoms. The van der Waals surface area contributed by atoms with Gasteiger partial charge in [0.05, 0.1) is 18.7 Å². The molecule has 10 heteroatoms. The summed E-state index contributed by atoms with van der Waals surface area (Å²) in [5.41, 5.74) is 1.05. The molecule has 1 fully saturated rings. The molecule has 3 rings (SSSR count). The Morgan fingerprint density at radius 1 is 1.44 bits per heavy atom. The summed E-state index contributed by atoms with van der Waals surface area (Å²) in [7, 11) is -0.205. The molecular formula is C15H21N5O3S2. The molecule has 1 amide bonds. The zero-order valence-electron chi connectivity index (χ0n) is 14.0. The van der Waals surface area contributed by atoms with Gasteiger partial charge in [-0.2, -0.15) is 5.10 Å². The van der Waals surface area contributed by atoms with Gasteiger partial charge in [-0.1, -0.05) is 0 Å². The second-order valence-electron chi connectivity index (χ2n) is 5.96. The first kappa shape index (κ1) is 18.1. The molecule has 2 aromatic heterocycles. The molecule has 136 valence electrons. The first-order valence-corrected chi connectivity index (χ1v) is 10.2. The predicted molar refractivity (Wildman–Crippen MR) is 94.7 cm³/mol. The van der Waals surface area contributed by atoms with Gasteiger partial charge in [0, 0.05) is 37.1 Å². The van der Waals surface area contributed by atoms with Gasteiger partial charge in [0.2, 0.25) is 15.9 Å². The second-order valence-corrected chi connectivity index (χ2v) is 9.25. The number of hydrogen-bond acceptors (Lipinski definition) is 6. The number of sulfonamides is 1. The third-order valence-electron chi connectivity index (χ3n) is 4.31. The monoisotopic (exact) mass is 383 g/mol. The minimum absolute atomic E-state index is 0.0368. The Morgan fingerprint density at radius 2 is 2.24 bits per heavy atom. The molecule has 1 saturated heterocycles. The normalized spacial score (nSPS) is 20.7. The summed E-state index contributed by atoms with van der Waals surface area (Å²) in [5, 5.41) is 10.4. The van der Waals surface area contributed by atoms with Crippen LogP contribution in [-0.4, -0.2) is 44.2 Å². The number of carbonyl (C=O) groups excluding carboxylic acids is 1. The van der Waals surface area contributed by atoms with E-state index in [-0.39, 0.29) is 22.0 Å². The van der Waals surface area contributed by atoms with Crippen molar-refractivity contribution in [3.05, 3.63) is 35.0 Å². The Morgan fingerprint density at radius 3 is 2.92 bits per heavy atom. The number of carbonyl (C=O) groups is 1. The fourth-order valence-corrected chi connectivity index (χ4v) is 5.07. The largest absolute Gasteiger partial charge is 0.351 e. The SMILES string of the molecule is CNS(=O)(=O)c1ccc(CNC(=O)[C@H]2CNC[C@@H]2c2cnn(C)c2)s1. The quantitative estimate of drug-likeness (QED) is 0.652. The Hall–Kier alpha value is -1.75. The van der Waals surface area contributed by atoms with E-state index in [1.807, 2.05) is 13.2 Å². The average molecular weight is 383 g/mol. The lowest BCUT2D eigenvalue weighted by Gasteiger charge is -2.16. The third-order valence-corrected chi connectivity index (χ3v) is 7.30. The molecule has 2 atom stereocenters. The minimum Gasteiger partial charge on any atom is -0.351 e. The van der Waals surface area contributed by atoms with Crippen molar-refractivity contribution in [2.24, 2.45) is 13.0 Å². The molecule has 0 saturated carbocycles. The zero-order chi connectivity index (χ0) is 18.0. The van der Waals surface area contributed by atoms with Crippen molar-refractivity contribution in [2.75, 3.05) is 20.1 Å². The van der Waals surface area contributed by atoms with Crippen molar-refractivity contribution in [1.29, 1.82) is 0 Å². The van der Waals surface area contributed by atoms with E-state index in [2.05, 4.69) is 20.5 Å². The molecule has 0 aliphatic carbocycles. The maximum Gasteiger partial charge on any atom is 0.249 e. The van der Waals surface area contributed by atoms with Gasteiger partial charge in [0.15, 0.2) is 0 Å². The van der Waals surface area contributed by atoms with E-state index in [1.54, 1.807) is 23.0 Å². The molecule has 0 bridgehead atoms. The number of nitrogens with one attached hydrogen (secondary N) is 3. The molecule has 1 aliphatic heterocycles. The van der Waals surface area contributed by atoms with Crippen molar-refractivity contribution in [3.63, 3.8) is 0 Å². The maximum atomic E-state index is 12.6. The highest BCUT2D eigenvalue weighted by Gasteiger charge is 2.34. The fourth-order valence-electron chi connectivity index (χ4n) is 2.94.